The molecule has 1 fully saturated rings. The van der Waals surface area contributed by atoms with Crippen molar-refractivity contribution in [1.82, 2.24) is 4.90 Å². The average Bonchev–Trinajstić information content (AvgIpc) is 2.29. The third-order valence-corrected chi connectivity index (χ3v) is 2.87. The van der Waals surface area contributed by atoms with E-state index in [0.29, 0.717) is 5.56 Å². The highest BCUT2D eigenvalue weighted by atomic mass is 32.1. The summed E-state index contributed by atoms with van der Waals surface area (Å²) in [5.74, 6) is -0.821. The van der Waals surface area contributed by atoms with E-state index in [-0.39, 0.29) is 18.2 Å². The largest absolute Gasteiger partial charge is 0.362 e. The maximum atomic E-state index is 11.6. The summed E-state index contributed by atoms with van der Waals surface area (Å²) in [6, 6.07) is 7.37. The van der Waals surface area contributed by atoms with E-state index in [4.69, 9.17) is 17.0 Å². The normalized spacial score (nSPS) is 16.2. The smallest absolute Gasteiger partial charge is 0.260 e. The molecule has 0 spiro atoms. The van der Waals surface area contributed by atoms with Crippen LogP contribution in [0, 0.1) is 6.92 Å². The van der Waals surface area contributed by atoms with Crippen molar-refractivity contribution in [1.29, 1.82) is 0 Å². The molecule has 0 saturated carbocycles. The number of carbonyl (C=O) groups excluding carboxylic acids is 2. The van der Waals surface area contributed by atoms with Gasteiger partial charge in [-0.1, -0.05) is 42.0 Å². The Labute approximate surface area is 104 Å². The fraction of sp³-hybridized carbons (Fsp3) is 0.250. The van der Waals surface area contributed by atoms with Gasteiger partial charge in [0, 0.05) is 5.56 Å². The standard InChI is InChI=1S/C12H11NO3S/c1-8-2-4-9(5-3-8)12(17)13-10(14)6-16-7-11(13)15/h2-5H,6-7H2,1H3. The number of nitrogens with zero attached hydrogens (tertiary/aromatic N) is 1. The number of thiocarbonyl (C=S) groups is 1. The van der Waals surface area contributed by atoms with E-state index in [2.05, 4.69) is 0 Å². The molecule has 0 N–H and O–H groups in total. The first kappa shape index (κ1) is 11.9. The molecule has 1 saturated heterocycles. The summed E-state index contributed by atoms with van der Waals surface area (Å²) in [5.41, 5.74) is 1.78. The summed E-state index contributed by atoms with van der Waals surface area (Å²) in [4.78, 5) is 24.4. The van der Waals surface area contributed by atoms with Crippen molar-refractivity contribution < 1.29 is 14.3 Å². The molecule has 0 unspecified atom stereocenters. The maximum absolute atomic E-state index is 11.6. The summed E-state index contributed by atoms with van der Waals surface area (Å²) in [5, 5.41) is 0. The van der Waals surface area contributed by atoms with Crippen molar-refractivity contribution in [3.05, 3.63) is 35.4 Å². The Kier molecular flexibility index (Phi) is 3.31. The first-order chi connectivity index (χ1) is 8.09. The molecule has 0 aliphatic carbocycles. The Bertz CT molecular complexity index is 465. The Morgan fingerprint density at radius 2 is 1.71 bits per heavy atom. The van der Waals surface area contributed by atoms with Crippen LogP contribution in [0.15, 0.2) is 24.3 Å². The van der Waals surface area contributed by atoms with Crippen LogP contribution in [0.4, 0.5) is 0 Å². The van der Waals surface area contributed by atoms with Gasteiger partial charge in [0.05, 0.1) is 0 Å². The van der Waals surface area contributed by atoms with Gasteiger partial charge in [0.15, 0.2) is 0 Å². The predicted octanol–water partition coefficient (Wildman–Crippen LogP) is 1.06. The van der Waals surface area contributed by atoms with Gasteiger partial charge in [-0.15, -0.1) is 0 Å². The zero-order chi connectivity index (χ0) is 12.4. The number of rotatable bonds is 1. The van der Waals surface area contributed by atoms with Crippen LogP contribution < -0.4 is 0 Å². The number of ether oxygens (including phenoxy) is 1. The molecule has 0 aromatic heterocycles. The first-order valence-corrected chi connectivity index (χ1v) is 5.55. The molecule has 1 aromatic carbocycles. The van der Waals surface area contributed by atoms with Crippen molar-refractivity contribution in [3.8, 4) is 0 Å². The molecule has 1 heterocycles. The molecule has 4 nitrogen and oxygen atoms in total. The molecule has 17 heavy (non-hydrogen) atoms. The van der Waals surface area contributed by atoms with Crippen molar-refractivity contribution in [2.45, 2.75) is 6.92 Å². The van der Waals surface area contributed by atoms with Crippen LogP contribution >= 0.6 is 12.2 Å². The third kappa shape index (κ3) is 2.40. The van der Waals surface area contributed by atoms with E-state index in [1.807, 2.05) is 19.1 Å². The Hall–Kier alpha value is -1.59. The van der Waals surface area contributed by atoms with E-state index in [0.717, 1.165) is 10.5 Å². The summed E-state index contributed by atoms with van der Waals surface area (Å²) in [7, 11) is 0. The molecular weight excluding hydrogens is 238 g/mol. The lowest BCUT2D eigenvalue weighted by molar-refractivity contribution is -0.152. The minimum Gasteiger partial charge on any atom is -0.362 e. The van der Waals surface area contributed by atoms with Crippen LogP contribution in [0.25, 0.3) is 0 Å². The highest BCUT2D eigenvalue weighted by Crippen LogP contribution is 2.11. The molecule has 1 aliphatic heterocycles. The quantitative estimate of drug-likeness (QED) is 0.551. The van der Waals surface area contributed by atoms with Gasteiger partial charge in [0.25, 0.3) is 11.8 Å². The van der Waals surface area contributed by atoms with Crippen molar-refractivity contribution in [2.24, 2.45) is 0 Å². The summed E-state index contributed by atoms with van der Waals surface area (Å²) >= 11 is 5.17. The number of benzene rings is 1. The number of aryl methyl sites for hydroxylation is 1. The Morgan fingerprint density at radius 3 is 2.24 bits per heavy atom. The van der Waals surface area contributed by atoms with Gasteiger partial charge in [-0.25, -0.2) is 4.90 Å². The fourth-order valence-electron chi connectivity index (χ4n) is 1.55. The zero-order valence-electron chi connectivity index (χ0n) is 9.30. The van der Waals surface area contributed by atoms with E-state index in [1.54, 1.807) is 12.1 Å². The van der Waals surface area contributed by atoms with Crippen LogP contribution in [-0.2, 0) is 14.3 Å². The minimum absolute atomic E-state index is 0.0995. The molecule has 2 amide bonds. The van der Waals surface area contributed by atoms with Crippen molar-refractivity contribution in [2.75, 3.05) is 13.2 Å². The van der Waals surface area contributed by atoms with Gasteiger partial charge < -0.3 is 4.74 Å². The second kappa shape index (κ2) is 4.73. The van der Waals surface area contributed by atoms with Gasteiger partial charge in [-0.05, 0) is 6.92 Å². The van der Waals surface area contributed by atoms with Crippen LogP contribution in [0.5, 0.6) is 0 Å². The van der Waals surface area contributed by atoms with Crippen molar-refractivity contribution >= 4 is 29.0 Å². The van der Waals surface area contributed by atoms with Crippen LogP contribution in [-0.4, -0.2) is 34.9 Å². The maximum Gasteiger partial charge on any atom is 0.260 e. The molecule has 0 bridgehead atoms. The lowest BCUT2D eigenvalue weighted by Crippen LogP contribution is -2.49. The van der Waals surface area contributed by atoms with Crippen LogP contribution in [0.1, 0.15) is 11.1 Å². The molecule has 0 radical (unpaired) electrons. The number of morpholine rings is 1. The first-order valence-electron chi connectivity index (χ1n) is 5.14. The van der Waals surface area contributed by atoms with Gasteiger partial charge in [-0.3, -0.25) is 9.59 Å². The van der Waals surface area contributed by atoms with E-state index in [1.165, 1.54) is 0 Å². The van der Waals surface area contributed by atoms with Gasteiger partial charge in [0.1, 0.15) is 18.2 Å². The number of hydrogen-bond acceptors (Lipinski definition) is 4. The monoisotopic (exact) mass is 249 g/mol. The summed E-state index contributed by atoms with van der Waals surface area (Å²) < 4.78 is 4.83. The topological polar surface area (TPSA) is 46.6 Å². The molecule has 2 rings (SSSR count). The SMILES string of the molecule is Cc1ccc(C(=S)N2C(=O)COCC2=O)cc1. The molecule has 1 aliphatic rings. The Balaban J connectivity index is 2.27. The zero-order valence-corrected chi connectivity index (χ0v) is 10.1. The lowest BCUT2D eigenvalue weighted by atomic mass is 10.1. The van der Waals surface area contributed by atoms with E-state index >= 15 is 0 Å². The van der Waals surface area contributed by atoms with Gasteiger partial charge in [-0.2, -0.15) is 0 Å². The average molecular weight is 249 g/mol. The molecule has 1 aromatic rings. The summed E-state index contributed by atoms with van der Waals surface area (Å²) in [6.07, 6.45) is 0. The minimum atomic E-state index is -0.410. The molecule has 88 valence electrons. The van der Waals surface area contributed by atoms with E-state index in [9.17, 15) is 9.59 Å². The molecule has 0 atom stereocenters. The highest BCUT2D eigenvalue weighted by molar-refractivity contribution is 7.80. The number of carbonyl (C=O) groups is 2. The Morgan fingerprint density at radius 1 is 1.18 bits per heavy atom. The number of hydrogen-bond donors (Lipinski definition) is 0. The fourth-order valence-corrected chi connectivity index (χ4v) is 1.89. The number of amides is 2. The summed E-state index contributed by atoms with van der Waals surface area (Å²) in [6.45, 7) is 1.76. The number of imide groups is 1. The molecular formula is C12H11NO3S. The van der Waals surface area contributed by atoms with Crippen LogP contribution in [0.2, 0.25) is 0 Å². The van der Waals surface area contributed by atoms with Crippen molar-refractivity contribution in [3.63, 3.8) is 0 Å². The van der Waals surface area contributed by atoms with E-state index < -0.39 is 11.8 Å². The van der Waals surface area contributed by atoms with Gasteiger partial charge >= 0.3 is 0 Å². The highest BCUT2D eigenvalue weighted by Gasteiger charge is 2.30. The lowest BCUT2D eigenvalue weighted by Gasteiger charge is -2.25. The second-order valence-electron chi connectivity index (χ2n) is 3.79. The third-order valence-electron chi connectivity index (χ3n) is 2.45. The molecule has 5 heteroatoms. The van der Waals surface area contributed by atoms with Crippen LogP contribution in [0.3, 0.4) is 0 Å². The van der Waals surface area contributed by atoms with Gasteiger partial charge in [0.2, 0.25) is 0 Å². The second-order valence-corrected chi connectivity index (χ2v) is 4.17. The predicted molar refractivity (Wildman–Crippen MR) is 65.6 cm³/mol.